The Morgan fingerprint density at radius 2 is 1.72 bits per heavy atom. The van der Waals surface area contributed by atoms with Crippen molar-refractivity contribution in [3.8, 4) is 11.1 Å². The molecule has 3 nitrogen and oxygen atoms in total. The monoisotopic (exact) mass is 235 g/mol. The maximum absolute atomic E-state index is 5.70. The molecule has 0 unspecified atom stereocenters. The normalized spacial score (nSPS) is 14.2. The lowest BCUT2D eigenvalue weighted by molar-refractivity contribution is 1.33. The number of nitrogens with zero attached hydrogens (tertiary/aromatic N) is 2. The van der Waals surface area contributed by atoms with Crippen LogP contribution in [0.1, 0.15) is 12.0 Å². The molecule has 2 heterocycles. The largest absolute Gasteiger partial charge is 0.387 e. The molecule has 0 amide bonds. The fraction of sp³-hybridized carbons (Fsp3) is 0.0667. The second-order valence-corrected chi connectivity index (χ2v) is 4.21. The van der Waals surface area contributed by atoms with Crippen LogP contribution in [0.25, 0.3) is 16.8 Å². The Labute approximate surface area is 106 Å². The molecule has 2 N–H and O–H groups in total. The van der Waals surface area contributed by atoms with E-state index in [1.54, 1.807) is 12.4 Å². The SMILES string of the molecule is NC1=NC(c2cccc(-c3ccncc3)c2)=CC1. The molecule has 0 saturated heterocycles. The third-order valence-corrected chi connectivity index (χ3v) is 2.94. The second kappa shape index (κ2) is 4.45. The van der Waals surface area contributed by atoms with Crippen LogP contribution in [0.3, 0.4) is 0 Å². The standard InChI is InChI=1S/C15H13N3/c16-15-5-4-14(18-15)13-3-1-2-12(10-13)11-6-8-17-9-7-11/h1-4,6-10H,5H2,(H2,16,18). The van der Waals surface area contributed by atoms with E-state index in [1.165, 1.54) is 0 Å². The lowest BCUT2D eigenvalue weighted by Gasteiger charge is -2.04. The first-order valence-electron chi connectivity index (χ1n) is 5.87. The molecule has 0 spiro atoms. The Morgan fingerprint density at radius 1 is 0.944 bits per heavy atom. The molecule has 1 aromatic carbocycles. The van der Waals surface area contributed by atoms with Crippen molar-refractivity contribution in [2.45, 2.75) is 6.42 Å². The summed E-state index contributed by atoms with van der Waals surface area (Å²) in [4.78, 5) is 8.37. The zero-order chi connectivity index (χ0) is 12.4. The minimum Gasteiger partial charge on any atom is -0.387 e. The Morgan fingerprint density at radius 3 is 2.44 bits per heavy atom. The van der Waals surface area contributed by atoms with Crippen LogP contribution in [0.15, 0.2) is 59.9 Å². The van der Waals surface area contributed by atoms with Crippen molar-refractivity contribution in [2.75, 3.05) is 0 Å². The molecule has 3 rings (SSSR count). The summed E-state index contributed by atoms with van der Waals surface area (Å²) in [6, 6.07) is 12.3. The Bertz CT molecular complexity index is 627. The van der Waals surface area contributed by atoms with E-state index in [9.17, 15) is 0 Å². The van der Waals surface area contributed by atoms with Gasteiger partial charge in [-0.3, -0.25) is 4.98 Å². The maximum atomic E-state index is 5.70. The van der Waals surface area contributed by atoms with E-state index in [4.69, 9.17) is 5.73 Å². The molecule has 0 aliphatic carbocycles. The Hall–Kier alpha value is -2.42. The van der Waals surface area contributed by atoms with Crippen LogP contribution in [-0.4, -0.2) is 10.8 Å². The van der Waals surface area contributed by atoms with E-state index in [2.05, 4.69) is 34.3 Å². The molecule has 0 radical (unpaired) electrons. The number of amidine groups is 1. The fourth-order valence-electron chi connectivity index (χ4n) is 2.03. The zero-order valence-corrected chi connectivity index (χ0v) is 9.88. The van der Waals surface area contributed by atoms with Crippen LogP contribution in [0.5, 0.6) is 0 Å². The van der Waals surface area contributed by atoms with Crippen molar-refractivity contribution >= 4 is 11.5 Å². The average molecular weight is 235 g/mol. The molecular weight excluding hydrogens is 222 g/mol. The summed E-state index contributed by atoms with van der Waals surface area (Å²) < 4.78 is 0. The van der Waals surface area contributed by atoms with Crippen LogP contribution in [0, 0.1) is 0 Å². The van der Waals surface area contributed by atoms with Crippen molar-refractivity contribution in [3.63, 3.8) is 0 Å². The van der Waals surface area contributed by atoms with E-state index >= 15 is 0 Å². The third kappa shape index (κ3) is 2.02. The Balaban J connectivity index is 2.00. The van der Waals surface area contributed by atoms with Crippen molar-refractivity contribution in [1.29, 1.82) is 0 Å². The predicted octanol–water partition coefficient (Wildman–Crippen LogP) is 2.85. The van der Waals surface area contributed by atoms with E-state index in [0.717, 1.165) is 28.8 Å². The highest BCUT2D eigenvalue weighted by Crippen LogP contribution is 2.26. The number of benzene rings is 1. The summed E-state index contributed by atoms with van der Waals surface area (Å²) >= 11 is 0. The molecule has 18 heavy (non-hydrogen) atoms. The fourth-order valence-corrected chi connectivity index (χ4v) is 2.03. The quantitative estimate of drug-likeness (QED) is 0.870. The number of hydrogen-bond donors (Lipinski definition) is 1. The molecule has 1 aliphatic rings. The van der Waals surface area contributed by atoms with E-state index in [1.807, 2.05) is 18.2 Å². The van der Waals surface area contributed by atoms with Gasteiger partial charge in [-0.25, -0.2) is 4.99 Å². The second-order valence-electron chi connectivity index (χ2n) is 4.21. The summed E-state index contributed by atoms with van der Waals surface area (Å²) in [5.74, 6) is 0.680. The van der Waals surface area contributed by atoms with Gasteiger partial charge in [0.15, 0.2) is 0 Å². The summed E-state index contributed by atoms with van der Waals surface area (Å²) in [5, 5.41) is 0. The number of aromatic nitrogens is 1. The van der Waals surface area contributed by atoms with Crippen molar-refractivity contribution < 1.29 is 0 Å². The van der Waals surface area contributed by atoms with Crippen molar-refractivity contribution in [2.24, 2.45) is 10.7 Å². The summed E-state index contributed by atoms with van der Waals surface area (Å²) in [5.41, 5.74) is 10.1. The van der Waals surface area contributed by atoms with Gasteiger partial charge in [0.1, 0.15) is 5.84 Å². The number of rotatable bonds is 2. The van der Waals surface area contributed by atoms with Gasteiger partial charge in [-0.2, -0.15) is 0 Å². The van der Waals surface area contributed by atoms with Gasteiger partial charge in [-0.15, -0.1) is 0 Å². The summed E-state index contributed by atoms with van der Waals surface area (Å²) in [6.45, 7) is 0. The summed E-state index contributed by atoms with van der Waals surface area (Å²) in [6.07, 6.45) is 6.40. The lowest BCUT2D eigenvalue weighted by Crippen LogP contribution is -2.06. The highest BCUT2D eigenvalue weighted by atomic mass is 14.9. The van der Waals surface area contributed by atoms with E-state index in [-0.39, 0.29) is 0 Å². The van der Waals surface area contributed by atoms with Crippen LogP contribution >= 0.6 is 0 Å². The Kier molecular flexibility index (Phi) is 2.65. The molecule has 1 aromatic heterocycles. The lowest BCUT2D eigenvalue weighted by atomic mass is 10.0. The molecular formula is C15H13N3. The number of aliphatic imine (C=N–C) groups is 1. The first-order chi connectivity index (χ1) is 8.83. The topological polar surface area (TPSA) is 51.3 Å². The first-order valence-corrected chi connectivity index (χ1v) is 5.87. The third-order valence-electron chi connectivity index (χ3n) is 2.94. The van der Waals surface area contributed by atoms with E-state index < -0.39 is 0 Å². The highest BCUT2D eigenvalue weighted by Gasteiger charge is 2.08. The highest BCUT2D eigenvalue weighted by molar-refractivity contribution is 5.93. The van der Waals surface area contributed by atoms with Gasteiger partial charge in [0.25, 0.3) is 0 Å². The van der Waals surface area contributed by atoms with Crippen LogP contribution in [0.4, 0.5) is 0 Å². The molecule has 0 atom stereocenters. The van der Waals surface area contributed by atoms with Gasteiger partial charge in [-0.05, 0) is 29.3 Å². The number of nitrogens with two attached hydrogens (primary N) is 1. The van der Waals surface area contributed by atoms with Crippen LogP contribution in [0.2, 0.25) is 0 Å². The maximum Gasteiger partial charge on any atom is 0.104 e. The molecule has 1 aliphatic heterocycles. The minimum atomic E-state index is 0.680. The molecule has 3 heteroatoms. The molecule has 0 saturated carbocycles. The van der Waals surface area contributed by atoms with Crippen LogP contribution < -0.4 is 5.73 Å². The molecule has 88 valence electrons. The zero-order valence-electron chi connectivity index (χ0n) is 9.88. The average Bonchev–Trinajstić information content (AvgIpc) is 2.87. The van der Waals surface area contributed by atoms with Gasteiger partial charge >= 0.3 is 0 Å². The summed E-state index contributed by atoms with van der Waals surface area (Å²) in [7, 11) is 0. The van der Waals surface area contributed by atoms with Crippen molar-refractivity contribution in [3.05, 3.63) is 60.4 Å². The van der Waals surface area contributed by atoms with Gasteiger partial charge in [0.2, 0.25) is 0 Å². The van der Waals surface area contributed by atoms with Gasteiger partial charge in [0.05, 0.1) is 5.70 Å². The molecule has 2 aromatic rings. The predicted molar refractivity (Wildman–Crippen MR) is 73.9 cm³/mol. The number of hydrogen-bond acceptors (Lipinski definition) is 3. The number of pyridine rings is 1. The molecule has 0 bridgehead atoms. The minimum absolute atomic E-state index is 0.680. The molecule has 0 fully saturated rings. The van der Waals surface area contributed by atoms with Crippen LogP contribution in [-0.2, 0) is 0 Å². The van der Waals surface area contributed by atoms with Gasteiger partial charge in [-0.1, -0.05) is 24.3 Å². The smallest absolute Gasteiger partial charge is 0.104 e. The van der Waals surface area contributed by atoms with Gasteiger partial charge in [0, 0.05) is 24.4 Å². The van der Waals surface area contributed by atoms with E-state index in [0.29, 0.717) is 5.84 Å². The van der Waals surface area contributed by atoms with Crippen molar-refractivity contribution in [1.82, 2.24) is 4.98 Å². The first kappa shape index (κ1) is 10.7. The van der Waals surface area contributed by atoms with Gasteiger partial charge < -0.3 is 5.73 Å².